The Labute approximate surface area is 177 Å². The molecule has 2 aromatic heterocycles. The van der Waals surface area contributed by atoms with E-state index in [4.69, 9.17) is 10.5 Å². The molecule has 0 saturated carbocycles. The van der Waals surface area contributed by atoms with Gasteiger partial charge >= 0.3 is 0 Å². The molecule has 0 bridgehead atoms. The molecule has 31 heavy (non-hydrogen) atoms. The van der Waals surface area contributed by atoms with Crippen LogP contribution < -0.4 is 10.0 Å². The first-order chi connectivity index (χ1) is 14.7. The lowest BCUT2D eigenvalue weighted by atomic mass is 9.92. The minimum atomic E-state index is -3.74. The zero-order chi connectivity index (χ0) is 22.2. The highest BCUT2D eigenvalue weighted by Gasteiger charge is 2.42. The van der Waals surface area contributed by atoms with Crippen LogP contribution in [0.4, 0.5) is 14.6 Å². The van der Waals surface area contributed by atoms with E-state index in [0.29, 0.717) is 36.1 Å². The Morgan fingerprint density at radius 2 is 2.13 bits per heavy atom. The SMILES string of the molecule is N=C(/C=C\c1ncc(-c2cc(N3CCCC4CN(S(N)(=O)=O)CC43)ncn2)[nH]1)C(F)F. The van der Waals surface area contributed by atoms with Gasteiger partial charge in [-0.2, -0.15) is 12.7 Å². The Bertz CT molecular complexity index is 1100. The maximum atomic E-state index is 12.4. The summed E-state index contributed by atoms with van der Waals surface area (Å²) in [5, 5.41) is 12.5. The number of fused-ring (bicyclic) bond motifs is 1. The van der Waals surface area contributed by atoms with Crippen molar-refractivity contribution in [2.75, 3.05) is 24.5 Å². The lowest BCUT2D eigenvalue weighted by molar-refractivity contribution is 0.226. The number of piperidine rings is 1. The molecule has 2 aliphatic heterocycles. The van der Waals surface area contributed by atoms with E-state index in [1.807, 2.05) is 0 Å². The Morgan fingerprint density at radius 1 is 1.32 bits per heavy atom. The first kappa shape index (κ1) is 21.5. The van der Waals surface area contributed by atoms with Gasteiger partial charge in [-0.3, -0.25) is 5.41 Å². The van der Waals surface area contributed by atoms with Crippen LogP contribution in [0, 0.1) is 11.3 Å². The molecule has 2 fully saturated rings. The van der Waals surface area contributed by atoms with E-state index in [-0.39, 0.29) is 12.0 Å². The Morgan fingerprint density at radius 3 is 2.87 bits per heavy atom. The molecule has 2 atom stereocenters. The molecule has 4 heterocycles. The topological polar surface area (TPSA) is 145 Å². The van der Waals surface area contributed by atoms with Gasteiger partial charge in [0.25, 0.3) is 16.6 Å². The molecule has 0 radical (unpaired) electrons. The van der Waals surface area contributed by atoms with Gasteiger partial charge in [0.2, 0.25) is 0 Å². The normalized spacial score (nSPS) is 22.4. The van der Waals surface area contributed by atoms with Crippen molar-refractivity contribution < 1.29 is 17.2 Å². The van der Waals surface area contributed by atoms with Gasteiger partial charge in [-0.15, -0.1) is 0 Å². The summed E-state index contributed by atoms with van der Waals surface area (Å²) < 4.78 is 49.7. The summed E-state index contributed by atoms with van der Waals surface area (Å²) >= 11 is 0. The van der Waals surface area contributed by atoms with Crippen molar-refractivity contribution in [1.82, 2.24) is 24.2 Å². The molecule has 2 saturated heterocycles. The molecule has 0 amide bonds. The standard InChI is InChI=1S/C18H22F2N8O2S/c19-18(20)12(21)3-4-16-23-7-14(26-16)13-6-17(25-10-24-13)28-5-1-2-11-8-27(9-15(11)28)31(22,29)30/h3-4,6-7,10-11,15,18,21H,1-2,5,8-9H2,(H,23,26)(H2,22,29,30)/b4-3-,21-12?. The molecule has 2 aromatic rings. The largest absolute Gasteiger partial charge is 0.352 e. The fourth-order valence-corrected chi connectivity index (χ4v) is 4.84. The molecule has 166 valence electrons. The Hall–Kier alpha value is -2.77. The third-order valence-corrected chi connectivity index (χ3v) is 6.60. The van der Waals surface area contributed by atoms with Gasteiger partial charge in [-0.25, -0.2) is 28.9 Å². The number of anilines is 1. The average molecular weight is 452 g/mol. The summed E-state index contributed by atoms with van der Waals surface area (Å²) in [7, 11) is -3.74. The summed E-state index contributed by atoms with van der Waals surface area (Å²) in [5.41, 5.74) is 0.328. The highest BCUT2D eigenvalue weighted by molar-refractivity contribution is 7.86. The number of halogens is 2. The fourth-order valence-electron chi connectivity index (χ4n) is 4.08. The van der Waals surface area contributed by atoms with Gasteiger partial charge in [-0.05, 0) is 30.9 Å². The summed E-state index contributed by atoms with van der Waals surface area (Å²) in [5.74, 6) is 1.17. The number of alkyl halides is 2. The number of hydrogen-bond acceptors (Lipinski definition) is 7. The minimum absolute atomic E-state index is 0.0181. The lowest BCUT2D eigenvalue weighted by Gasteiger charge is -2.37. The predicted molar refractivity (Wildman–Crippen MR) is 111 cm³/mol. The van der Waals surface area contributed by atoms with Crippen molar-refractivity contribution in [1.29, 1.82) is 5.41 Å². The Balaban J connectivity index is 1.54. The number of allylic oxidation sites excluding steroid dienone is 1. The van der Waals surface area contributed by atoms with Gasteiger partial charge < -0.3 is 9.88 Å². The Kier molecular flexibility index (Phi) is 5.81. The van der Waals surface area contributed by atoms with Crippen molar-refractivity contribution in [2.24, 2.45) is 11.1 Å². The van der Waals surface area contributed by atoms with Crippen LogP contribution in [0.25, 0.3) is 17.5 Å². The van der Waals surface area contributed by atoms with Gasteiger partial charge in [0.1, 0.15) is 18.0 Å². The molecular formula is C18H22F2N8O2S. The van der Waals surface area contributed by atoms with E-state index >= 15 is 0 Å². The number of aromatic amines is 1. The van der Waals surface area contributed by atoms with E-state index in [9.17, 15) is 17.2 Å². The fraction of sp³-hybridized carbons (Fsp3) is 0.444. The zero-order valence-electron chi connectivity index (χ0n) is 16.4. The molecule has 0 spiro atoms. The number of H-pyrrole nitrogens is 1. The molecule has 4 N–H and O–H groups in total. The first-order valence-electron chi connectivity index (χ1n) is 9.69. The number of hydrogen-bond donors (Lipinski definition) is 3. The van der Waals surface area contributed by atoms with Crippen LogP contribution in [-0.2, 0) is 10.2 Å². The van der Waals surface area contributed by atoms with E-state index in [1.54, 1.807) is 6.07 Å². The van der Waals surface area contributed by atoms with E-state index < -0.39 is 22.3 Å². The maximum absolute atomic E-state index is 12.4. The second-order valence-corrected chi connectivity index (χ2v) is 9.10. The molecular weight excluding hydrogens is 430 g/mol. The number of imidazole rings is 1. The monoisotopic (exact) mass is 452 g/mol. The number of aromatic nitrogens is 4. The molecule has 2 aliphatic rings. The van der Waals surface area contributed by atoms with Crippen LogP contribution in [0.5, 0.6) is 0 Å². The second-order valence-electron chi connectivity index (χ2n) is 7.56. The van der Waals surface area contributed by atoms with Crippen molar-refractivity contribution in [3.05, 3.63) is 30.5 Å². The summed E-state index contributed by atoms with van der Waals surface area (Å²) in [6, 6.07) is 1.76. The van der Waals surface area contributed by atoms with Crippen LogP contribution in [0.3, 0.4) is 0 Å². The number of nitrogens with zero attached hydrogens (tertiary/aromatic N) is 5. The van der Waals surface area contributed by atoms with Gasteiger partial charge in [0.05, 0.1) is 23.3 Å². The highest BCUT2D eigenvalue weighted by Crippen LogP contribution is 2.34. The van der Waals surface area contributed by atoms with Crippen LogP contribution in [0.1, 0.15) is 18.7 Å². The van der Waals surface area contributed by atoms with Gasteiger partial charge in [0.15, 0.2) is 0 Å². The molecule has 10 nitrogen and oxygen atoms in total. The molecule has 0 aliphatic carbocycles. The van der Waals surface area contributed by atoms with Crippen molar-refractivity contribution in [3.63, 3.8) is 0 Å². The molecule has 0 aromatic carbocycles. The number of nitrogens with two attached hydrogens (primary N) is 1. The van der Waals surface area contributed by atoms with Crippen molar-refractivity contribution in [2.45, 2.75) is 25.3 Å². The van der Waals surface area contributed by atoms with Gasteiger partial charge in [-0.1, -0.05) is 0 Å². The van der Waals surface area contributed by atoms with Crippen molar-refractivity contribution in [3.8, 4) is 11.4 Å². The predicted octanol–water partition coefficient (Wildman–Crippen LogP) is 1.27. The van der Waals surface area contributed by atoms with E-state index in [1.165, 1.54) is 22.9 Å². The highest BCUT2D eigenvalue weighted by atomic mass is 32.2. The van der Waals surface area contributed by atoms with Crippen LogP contribution in [0.15, 0.2) is 24.7 Å². The summed E-state index contributed by atoms with van der Waals surface area (Å²) in [6.07, 6.45) is 4.23. The lowest BCUT2D eigenvalue weighted by Crippen LogP contribution is -2.46. The van der Waals surface area contributed by atoms with Gasteiger partial charge in [0, 0.05) is 31.7 Å². The number of nitrogens with one attached hydrogen (secondary N) is 2. The van der Waals surface area contributed by atoms with Crippen LogP contribution in [-0.4, -0.2) is 70.5 Å². The minimum Gasteiger partial charge on any atom is -0.352 e. The van der Waals surface area contributed by atoms with Crippen molar-refractivity contribution >= 4 is 27.8 Å². The average Bonchev–Trinajstić information content (AvgIpc) is 3.38. The third-order valence-electron chi connectivity index (χ3n) is 5.58. The first-order valence-corrected chi connectivity index (χ1v) is 11.2. The van der Waals surface area contributed by atoms with E-state index in [0.717, 1.165) is 25.5 Å². The van der Waals surface area contributed by atoms with E-state index in [2.05, 4.69) is 24.8 Å². The third kappa shape index (κ3) is 4.62. The van der Waals surface area contributed by atoms with Crippen LogP contribution in [0.2, 0.25) is 0 Å². The maximum Gasteiger partial charge on any atom is 0.279 e. The second kappa shape index (κ2) is 8.40. The molecule has 13 heteroatoms. The number of rotatable bonds is 6. The summed E-state index contributed by atoms with van der Waals surface area (Å²) in [6.45, 7) is 1.46. The summed E-state index contributed by atoms with van der Waals surface area (Å²) in [4.78, 5) is 17.8. The quantitative estimate of drug-likeness (QED) is 0.563. The molecule has 4 rings (SSSR count). The van der Waals surface area contributed by atoms with Crippen LogP contribution >= 0.6 is 0 Å². The molecule has 2 unspecified atom stereocenters. The zero-order valence-corrected chi connectivity index (χ0v) is 17.3. The smallest absolute Gasteiger partial charge is 0.279 e.